The van der Waals surface area contributed by atoms with Crippen molar-refractivity contribution in [3.05, 3.63) is 27.9 Å². The molecule has 1 amide bonds. The molecule has 1 unspecified atom stereocenters. The molecule has 3 rings (SSSR count). The molecule has 1 fully saturated rings. The lowest BCUT2D eigenvalue weighted by Gasteiger charge is -2.33. The van der Waals surface area contributed by atoms with Crippen LogP contribution in [0.2, 0.25) is 0 Å². The van der Waals surface area contributed by atoms with Gasteiger partial charge in [-0.05, 0) is 33.1 Å². The number of carbonyl (C=O) groups excluding carboxylic acids is 2. The van der Waals surface area contributed by atoms with E-state index in [-0.39, 0.29) is 24.3 Å². The molecule has 1 aliphatic rings. The number of ether oxygens (including phenoxy) is 1. The Morgan fingerprint density at radius 3 is 2.64 bits per heavy atom. The Balaban J connectivity index is 2.08. The highest BCUT2D eigenvalue weighted by atomic mass is 16.5. The molecule has 1 atom stereocenters. The molecule has 1 aliphatic heterocycles. The van der Waals surface area contributed by atoms with E-state index in [0.717, 1.165) is 30.6 Å². The van der Waals surface area contributed by atoms with Gasteiger partial charge >= 0.3 is 17.5 Å². The summed E-state index contributed by atoms with van der Waals surface area (Å²) >= 11 is 0. The fraction of sp³-hybridized carbons (Fsp3) is 0.500. The minimum absolute atomic E-state index is 0.00816. The predicted molar refractivity (Wildman–Crippen MR) is 97.5 cm³/mol. The normalized spacial score (nSPS) is 17.0. The number of esters is 1. The minimum Gasteiger partial charge on any atom is -0.476 e. The van der Waals surface area contributed by atoms with E-state index < -0.39 is 28.9 Å². The summed E-state index contributed by atoms with van der Waals surface area (Å²) < 4.78 is 7.37. The Kier molecular flexibility index (Phi) is 5.21. The number of imidazole rings is 1. The largest absolute Gasteiger partial charge is 0.476 e. The van der Waals surface area contributed by atoms with Gasteiger partial charge in [0.05, 0.1) is 0 Å². The van der Waals surface area contributed by atoms with E-state index >= 15 is 0 Å². The second-order valence-electron chi connectivity index (χ2n) is 6.95. The van der Waals surface area contributed by atoms with Crippen molar-refractivity contribution < 1.29 is 24.2 Å². The van der Waals surface area contributed by atoms with Crippen LogP contribution in [-0.2, 0) is 16.1 Å². The molecular formula is C18H22N4O6. The first kappa shape index (κ1) is 19.6. The van der Waals surface area contributed by atoms with Gasteiger partial charge in [0.15, 0.2) is 0 Å². The maximum Gasteiger partial charge on any atom is 0.358 e. The van der Waals surface area contributed by atoms with Crippen molar-refractivity contribution in [1.29, 1.82) is 0 Å². The van der Waals surface area contributed by atoms with Crippen molar-refractivity contribution in [2.75, 3.05) is 6.54 Å². The molecule has 0 spiro atoms. The number of aryl methyl sites for hydroxylation is 1. The third-order valence-corrected chi connectivity index (χ3v) is 4.90. The van der Waals surface area contributed by atoms with Gasteiger partial charge in [-0.15, -0.1) is 0 Å². The maximum atomic E-state index is 12.8. The highest BCUT2D eigenvalue weighted by Gasteiger charge is 2.27. The third kappa shape index (κ3) is 3.49. The number of carboxylic acids is 1. The first-order chi connectivity index (χ1) is 13.2. The number of piperidine rings is 1. The molecule has 2 aromatic heterocycles. The zero-order valence-corrected chi connectivity index (χ0v) is 16.0. The minimum atomic E-state index is -1.50. The second-order valence-corrected chi connectivity index (χ2v) is 6.95. The van der Waals surface area contributed by atoms with Crippen LogP contribution < -0.4 is 10.3 Å². The summed E-state index contributed by atoms with van der Waals surface area (Å²) in [5.41, 5.74) is -0.935. The maximum absolute atomic E-state index is 12.8. The Morgan fingerprint density at radius 1 is 1.32 bits per heavy atom. The lowest BCUT2D eigenvalue weighted by molar-refractivity contribution is -0.135. The summed E-state index contributed by atoms with van der Waals surface area (Å²) in [7, 11) is 0. The molecule has 150 valence electrons. The van der Waals surface area contributed by atoms with E-state index in [1.54, 1.807) is 11.8 Å². The van der Waals surface area contributed by atoms with Gasteiger partial charge in [-0.2, -0.15) is 0 Å². The van der Waals surface area contributed by atoms with E-state index in [1.165, 1.54) is 10.8 Å². The van der Waals surface area contributed by atoms with Gasteiger partial charge in [0.25, 0.3) is 0 Å². The number of hydrogen-bond acceptors (Lipinski definition) is 6. The van der Waals surface area contributed by atoms with Gasteiger partial charge in [-0.25, -0.2) is 14.2 Å². The van der Waals surface area contributed by atoms with Gasteiger partial charge in [-0.3, -0.25) is 14.4 Å². The van der Waals surface area contributed by atoms with E-state index in [0.29, 0.717) is 12.2 Å². The molecule has 2 aromatic rings. The summed E-state index contributed by atoms with van der Waals surface area (Å²) in [4.78, 5) is 54.1. The van der Waals surface area contributed by atoms with Gasteiger partial charge < -0.3 is 19.3 Å². The molecule has 0 saturated carbocycles. The summed E-state index contributed by atoms with van der Waals surface area (Å²) in [5, 5.41) is 9.39. The van der Waals surface area contributed by atoms with Gasteiger partial charge in [-0.1, -0.05) is 0 Å². The monoisotopic (exact) mass is 390 g/mol. The number of aromatic nitrogens is 3. The van der Waals surface area contributed by atoms with E-state index in [1.807, 2.05) is 6.92 Å². The summed E-state index contributed by atoms with van der Waals surface area (Å²) in [6.45, 7) is 5.35. The topological polar surface area (TPSA) is 123 Å². The fourth-order valence-corrected chi connectivity index (χ4v) is 3.50. The fourth-order valence-electron chi connectivity index (χ4n) is 3.50. The number of carboxylic acid groups (broad SMARTS) is 1. The SMILES string of the molecule is CC(=O)Oc1c(C(=O)O)nc2n(CC(=O)N3CCCCC3C)c(C)cn2c1=O. The third-order valence-electron chi connectivity index (χ3n) is 4.90. The number of nitrogens with zero attached hydrogens (tertiary/aromatic N) is 4. The van der Waals surface area contributed by atoms with Crippen molar-refractivity contribution in [1.82, 2.24) is 18.9 Å². The Bertz CT molecular complexity index is 1020. The lowest BCUT2D eigenvalue weighted by Crippen LogP contribution is -2.43. The Labute approximate surface area is 160 Å². The number of likely N-dealkylation sites (tertiary alicyclic amines) is 1. The van der Waals surface area contributed by atoms with Crippen LogP contribution in [0.5, 0.6) is 5.75 Å². The zero-order chi connectivity index (χ0) is 20.6. The first-order valence-electron chi connectivity index (χ1n) is 9.04. The van der Waals surface area contributed by atoms with Crippen molar-refractivity contribution >= 4 is 23.6 Å². The van der Waals surface area contributed by atoms with Crippen LogP contribution in [0.3, 0.4) is 0 Å². The van der Waals surface area contributed by atoms with Crippen LogP contribution in [0.25, 0.3) is 5.78 Å². The Hall–Kier alpha value is -3.17. The molecule has 0 bridgehead atoms. The second kappa shape index (κ2) is 7.45. The quantitative estimate of drug-likeness (QED) is 0.767. The summed E-state index contributed by atoms with van der Waals surface area (Å²) in [5.74, 6) is -3.09. The van der Waals surface area contributed by atoms with Crippen molar-refractivity contribution in [3.8, 4) is 5.75 Å². The van der Waals surface area contributed by atoms with Gasteiger partial charge in [0.2, 0.25) is 23.1 Å². The molecule has 0 aromatic carbocycles. The number of carbonyl (C=O) groups is 3. The standard InChI is InChI=1S/C18H22N4O6/c1-10-6-4-5-7-20(10)13(24)9-21-11(2)8-22-16(25)15(28-12(3)23)14(17(26)27)19-18(21)22/h8,10H,4-7,9H2,1-3H3,(H,26,27). The number of hydrogen-bond donors (Lipinski definition) is 1. The number of aromatic carboxylic acids is 1. The summed E-state index contributed by atoms with van der Waals surface area (Å²) in [6.07, 6.45) is 4.39. The molecule has 10 heteroatoms. The van der Waals surface area contributed by atoms with Gasteiger partial charge in [0, 0.05) is 31.4 Å². The number of rotatable bonds is 4. The van der Waals surface area contributed by atoms with Crippen LogP contribution in [0, 0.1) is 6.92 Å². The van der Waals surface area contributed by atoms with Crippen LogP contribution in [-0.4, -0.2) is 54.4 Å². The highest BCUT2D eigenvalue weighted by molar-refractivity contribution is 5.90. The van der Waals surface area contributed by atoms with Crippen LogP contribution in [0.4, 0.5) is 0 Å². The molecule has 0 aliphatic carbocycles. The Morgan fingerprint density at radius 2 is 2.04 bits per heavy atom. The molecule has 0 radical (unpaired) electrons. The van der Waals surface area contributed by atoms with Crippen molar-refractivity contribution in [2.45, 2.75) is 52.6 Å². The van der Waals surface area contributed by atoms with Crippen LogP contribution >= 0.6 is 0 Å². The van der Waals surface area contributed by atoms with E-state index in [4.69, 9.17) is 4.74 Å². The van der Waals surface area contributed by atoms with Gasteiger partial charge in [0.1, 0.15) is 6.54 Å². The first-order valence-corrected chi connectivity index (χ1v) is 9.04. The number of fused-ring (bicyclic) bond motifs is 1. The van der Waals surface area contributed by atoms with Crippen molar-refractivity contribution in [3.63, 3.8) is 0 Å². The average molecular weight is 390 g/mol. The van der Waals surface area contributed by atoms with Crippen LogP contribution in [0.1, 0.15) is 49.3 Å². The zero-order valence-electron chi connectivity index (χ0n) is 16.0. The smallest absolute Gasteiger partial charge is 0.358 e. The van der Waals surface area contributed by atoms with Crippen LogP contribution in [0.15, 0.2) is 11.0 Å². The summed E-state index contributed by atoms with van der Waals surface area (Å²) in [6, 6.07) is 0.129. The molecular weight excluding hydrogens is 368 g/mol. The van der Waals surface area contributed by atoms with E-state index in [9.17, 15) is 24.3 Å². The molecule has 1 saturated heterocycles. The van der Waals surface area contributed by atoms with E-state index in [2.05, 4.69) is 4.98 Å². The molecule has 10 nitrogen and oxygen atoms in total. The van der Waals surface area contributed by atoms with Crippen molar-refractivity contribution in [2.24, 2.45) is 0 Å². The number of amides is 1. The highest BCUT2D eigenvalue weighted by Crippen LogP contribution is 2.19. The molecule has 28 heavy (non-hydrogen) atoms. The molecule has 1 N–H and O–H groups in total. The average Bonchev–Trinajstić information content (AvgIpc) is 2.93. The predicted octanol–water partition coefficient (Wildman–Crippen LogP) is 0.829. The molecule has 3 heterocycles. The lowest BCUT2D eigenvalue weighted by atomic mass is 10.0.